The number of nitrogens with zero attached hydrogens (tertiary/aromatic N) is 1. The molecule has 1 amide bonds. The smallest absolute Gasteiger partial charge is 0.234 e. The van der Waals surface area contributed by atoms with Gasteiger partial charge in [-0.1, -0.05) is 30.3 Å². The van der Waals surface area contributed by atoms with Crippen LogP contribution in [0.25, 0.3) is 0 Å². The van der Waals surface area contributed by atoms with Crippen molar-refractivity contribution in [2.75, 3.05) is 32.7 Å². The van der Waals surface area contributed by atoms with Crippen molar-refractivity contribution < 1.29 is 4.79 Å². The van der Waals surface area contributed by atoms with Crippen molar-refractivity contribution in [2.45, 2.75) is 25.8 Å². The normalized spacial score (nSPS) is 18.7. The monoisotopic (exact) mass is 275 g/mol. The van der Waals surface area contributed by atoms with Crippen LogP contribution in [0.2, 0.25) is 0 Å². The number of benzene rings is 1. The third-order valence-electron chi connectivity index (χ3n) is 3.89. The van der Waals surface area contributed by atoms with Gasteiger partial charge in [0.15, 0.2) is 0 Å². The molecule has 20 heavy (non-hydrogen) atoms. The van der Waals surface area contributed by atoms with Gasteiger partial charge in [0.1, 0.15) is 0 Å². The lowest BCUT2D eigenvalue weighted by Crippen LogP contribution is -2.59. The molecule has 1 aromatic carbocycles. The molecule has 1 aliphatic rings. The Bertz CT molecular complexity index is 431. The Morgan fingerprint density at radius 2 is 2.10 bits per heavy atom. The molecule has 4 heteroatoms. The van der Waals surface area contributed by atoms with E-state index >= 15 is 0 Å². The summed E-state index contributed by atoms with van der Waals surface area (Å²) in [5.41, 5.74) is 1.31. The zero-order chi connectivity index (χ0) is 14.4. The molecule has 2 rings (SSSR count). The zero-order valence-corrected chi connectivity index (χ0v) is 12.5. The molecule has 2 N–H and O–H groups in total. The number of nitrogens with one attached hydrogen (secondary N) is 2. The number of rotatable bonds is 5. The van der Waals surface area contributed by atoms with Gasteiger partial charge in [-0.2, -0.15) is 0 Å². The molecule has 1 fully saturated rings. The first kappa shape index (κ1) is 15.0. The van der Waals surface area contributed by atoms with E-state index in [-0.39, 0.29) is 11.4 Å². The Morgan fingerprint density at radius 3 is 2.80 bits per heavy atom. The van der Waals surface area contributed by atoms with Crippen LogP contribution in [0, 0.1) is 0 Å². The Balaban J connectivity index is 1.72. The van der Waals surface area contributed by atoms with E-state index in [9.17, 15) is 4.79 Å². The third-order valence-corrected chi connectivity index (χ3v) is 3.89. The summed E-state index contributed by atoms with van der Waals surface area (Å²) < 4.78 is 0. The average Bonchev–Trinajstić information content (AvgIpc) is 2.42. The minimum Gasteiger partial charge on any atom is -0.355 e. The van der Waals surface area contributed by atoms with Crippen LogP contribution in [0.1, 0.15) is 19.4 Å². The van der Waals surface area contributed by atoms with Gasteiger partial charge in [-0.15, -0.1) is 0 Å². The van der Waals surface area contributed by atoms with Crippen LogP contribution in [-0.4, -0.2) is 49.1 Å². The molecule has 0 bridgehead atoms. The largest absolute Gasteiger partial charge is 0.355 e. The van der Waals surface area contributed by atoms with Crippen molar-refractivity contribution >= 4 is 5.91 Å². The van der Waals surface area contributed by atoms with Crippen molar-refractivity contribution in [3.63, 3.8) is 0 Å². The maximum Gasteiger partial charge on any atom is 0.234 e. The fraction of sp³-hybridized carbons (Fsp3) is 0.562. The summed E-state index contributed by atoms with van der Waals surface area (Å²) in [6.45, 7) is 8.37. The van der Waals surface area contributed by atoms with E-state index in [0.29, 0.717) is 13.1 Å². The first-order chi connectivity index (χ1) is 9.58. The second-order valence-corrected chi connectivity index (χ2v) is 6.00. The fourth-order valence-corrected chi connectivity index (χ4v) is 2.54. The Hall–Kier alpha value is -1.39. The van der Waals surface area contributed by atoms with E-state index in [2.05, 4.69) is 41.5 Å². The number of amides is 1. The molecule has 0 atom stereocenters. The van der Waals surface area contributed by atoms with Gasteiger partial charge < -0.3 is 10.6 Å². The highest BCUT2D eigenvalue weighted by Crippen LogP contribution is 2.15. The van der Waals surface area contributed by atoms with Gasteiger partial charge in [-0.25, -0.2) is 0 Å². The van der Waals surface area contributed by atoms with Crippen molar-refractivity contribution in [2.24, 2.45) is 0 Å². The summed E-state index contributed by atoms with van der Waals surface area (Å²) in [6.07, 6.45) is 0.886. The van der Waals surface area contributed by atoms with E-state index in [0.717, 1.165) is 26.1 Å². The predicted octanol–water partition coefficient (Wildman–Crippen LogP) is 1.03. The highest BCUT2D eigenvalue weighted by molar-refractivity contribution is 5.78. The summed E-state index contributed by atoms with van der Waals surface area (Å²) in [5, 5.41) is 6.38. The lowest BCUT2D eigenvalue weighted by molar-refractivity contribution is -0.123. The van der Waals surface area contributed by atoms with Crippen LogP contribution in [0.3, 0.4) is 0 Å². The maximum atomic E-state index is 12.0. The van der Waals surface area contributed by atoms with E-state index < -0.39 is 0 Å². The van der Waals surface area contributed by atoms with Gasteiger partial charge in [0, 0.05) is 31.7 Å². The quantitative estimate of drug-likeness (QED) is 0.843. The minimum absolute atomic E-state index is 0.0506. The van der Waals surface area contributed by atoms with Crippen molar-refractivity contribution in [1.29, 1.82) is 0 Å². The number of hydrogen-bond acceptors (Lipinski definition) is 3. The first-order valence-electron chi connectivity index (χ1n) is 7.34. The molecule has 1 aliphatic heterocycles. The van der Waals surface area contributed by atoms with E-state index in [1.165, 1.54) is 5.56 Å². The van der Waals surface area contributed by atoms with Gasteiger partial charge in [-0.3, -0.25) is 9.69 Å². The SMILES string of the molecule is CC1(C)CNCCN1CC(=O)NCCc1ccccc1. The van der Waals surface area contributed by atoms with E-state index in [1.54, 1.807) is 0 Å². The first-order valence-corrected chi connectivity index (χ1v) is 7.34. The van der Waals surface area contributed by atoms with Crippen LogP contribution >= 0.6 is 0 Å². The lowest BCUT2D eigenvalue weighted by atomic mass is 10.0. The van der Waals surface area contributed by atoms with Gasteiger partial charge in [0.25, 0.3) is 0 Å². The average molecular weight is 275 g/mol. The molecule has 1 saturated heterocycles. The topological polar surface area (TPSA) is 44.4 Å². The van der Waals surface area contributed by atoms with Crippen molar-refractivity contribution in [3.8, 4) is 0 Å². The van der Waals surface area contributed by atoms with Crippen LogP contribution in [-0.2, 0) is 11.2 Å². The van der Waals surface area contributed by atoms with Crippen molar-refractivity contribution in [1.82, 2.24) is 15.5 Å². The molecule has 1 aromatic rings. The molecule has 0 aromatic heterocycles. The maximum absolute atomic E-state index is 12.0. The lowest BCUT2D eigenvalue weighted by Gasteiger charge is -2.42. The number of carbonyl (C=O) groups excluding carboxylic acids is 1. The molecule has 110 valence electrons. The van der Waals surface area contributed by atoms with Crippen LogP contribution < -0.4 is 10.6 Å². The second-order valence-electron chi connectivity index (χ2n) is 6.00. The van der Waals surface area contributed by atoms with Crippen molar-refractivity contribution in [3.05, 3.63) is 35.9 Å². The summed E-state index contributed by atoms with van der Waals surface area (Å²) in [5.74, 6) is 0.121. The van der Waals surface area contributed by atoms with Gasteiger partial charge in [0.05, 0.1) is 6.54 Å². The molecule has 0 saturated carbocycles. The Morgan fingerprint density at radius 1 is 1.35 bits per heavy atom. The molecule has 0 spiro atoms. The standard InChI is InChI=1S/C16H25N3O/c1-16(2)13-17-10-11-19(16)12-15(20)18-9-8-14-6-4-3-5-7-14/h3-7,17H,8-13H2,1-2H3,(H,18,20). The third kappa shape index (κ3) is 4.32. The molecular formula is C16H25N3O. The van der Waals surface area contributed by atoms with Crippen LogP contribution in [0.15, 0.2) is 30.3 Å². The Kier molecular flexibility index (Phi) is 5.15. The molecule has 0 aliphatic carbocycles. The van der Waals surface area contributed by atoms with E-state index in [1.807, 2.05) is 18.2 Å². The molecule has 4 nitrogen and oxygen atoms in total. The number of hydrogen-bond donors (Lipinski definition) is 2. The molecule has 1 heterocycles. The highest BCUT2D eigenvalue weighted by Gasteiger charge is 2.30. The zero-order valence-electron chi connectivity index (χ0n) is 12.5. The highest BCUT2D eigenvalue weighted by atomic mass is 16.2. The second kappa shape index (κ2) is 6.86. The summed E-state index contributed by atoms with van der Waals surface area (Å²) in [4.78, 5) is 14.3. The summed E-state index contributed by atoms with van der Waals surface area (Å²) in [7, 11) is 0. The molecular weight excluding hydrogens is 250 g/mol. The van der Waals surface area contributed by atoms with Gasteiger partial charge in [0.2, 0.25) is 5.91 Å². The minimum atomic E-state index is 0.0506. The molecule has 0 radical (unpaired) electrons. The Labute approximate surface area is 121 Å². The van der Waals surface area contributed by atoms with Crippen LogP contribution in [0.5, 0.6) is 0 Å². The molecule has 0 unspecified atom stereocenters. The van der Waals surface area contributed by atoms with Gasteiger partial charge >= 0.3 is 0 Å². The van der Waals surface area contributed by atoms with Crippen LogP contribution in [0.4, 0.5) is 0 Å². The number of carbonyl (C=O) groups is 1. The summed E-state index contributed by atoms with van der Waals surface area (Å²) >= 11 is 0. The van der Waals surface area contributed by atoms with E-state index in [4.69, 9.17) is 0 Å². The summed E-state index contributed by atoms with van der Waals surface area (Å²) in [6, 6.07) is 10.2. The number of piperazine rings is 1. The fourth-order valence-electron chi connectivity index (χ4n) is 2.54. The van der Waals surface area contributed by atoms with Gasteiger partial charge in [-0.05, 0) is 25.8 Å². The predicted molar refractivity (Wildman–Crippen MR) is 81.7 cm³/mol.